The fourth-order valence-corrected chi connectivity index (χ4v) is 3.04. The largest absolute Gasteiger partial charge is 0.431 e. The van der Waals surface area contributed by atoms with Crippen LogP contribution in [-0.4, -0.2) is 16.6 Å². The highest BCUT2D eigenvalue weighted by Crippen LogP contribution is 2.27. The zero-order valence-electron chi connectivity index (χ0n) is 13.9. The number of aromatic nitrogens is 1. The number of carbonyl (C=O) groups excluding carboxylic acids is 1. The van der Waals surface area contributed by atoms with E-state index >= 15 is 0 Å². The first-order valence-corrected chi connectivity index (χ1v) is 9.09. The lowest BCUT2D eigenvalue weighted by molar-refractivity contribution is -0.113. The van der Waals surface area contributed by atoms with E-state index in [4.69, 9.17) is 16.0 Å². The lowest BCUT2D eigenvalue weighted by Crippen LogP contribution is -2.14. The van der Waals surface area contributed by atoms with Gasteiger partial charge >= 0.3 is 0 Å². The highest BCUT2D eigenvalue weighted by atomic mass is 35.5. The van der Waals surface area contributed by atoms with Gasteiger partial charge in [0.25, 0.3) is 5.22 Å². The number of hydrogen-bond acceptors (Lipinski definition) is 4. The fraction of sp³-hybridized carbons (Fsp3) is 0.158. The van der Waals surface area contributed by atoms with Crippen molar-refractivity contribution < 1.29 is 9.21 Å². The normalized spacial score (nSPS) is 10.7. The highest BCUT2D eigenvalue weighted by Gasteiger charge is 2.10. The van der Waals surface area contributed by atoms with Crippen LogP contribution >= 0.6 is 23.4 Å². The first-order chi connectivity index (χ1) is 12.0. The van der Waals surface area contributed by atoms with Gasteiger partial charge in [-0.2, -0.15) is 0 Å². The number of oxazole rings is 1. The zero-order chi connectivity index (χ0) is 17.8. The number of thioether (sulfide) groups is 1. The SMILES string of the molecule is Cc1ccc(NC(=O)CSc2ncc(-c3cccc(Cl)c3)o2)cc1C. The molecule has 1 heterocycles. The summed E-state index contributed by atoms with van der Waals surface area (Å²) in [6.45, 7) is 4.06. The summed E-state index contributed by atoms with van der Waals surface area (Å²) in [7, 11) is 0. The molecule has 0 fully saturated rings. The molecule has 0 atom stereocenters. The number of aryl methyl sites for hydroxylation is 2. The summed E-state index contributed by atoms with van der Waals surface area (Å²) in [4.78, 5) is 16.3. The van der Waals surface area contributed by atoms with Gasteiger partial charge in [0.2, 0.25) is 5.91 Å². The van der Waals surface area contributed by atoms with Crippen LogP contribution in [0.15, 0.2) is 58.3 Å². The minimum absolute atomic E-state index is 0.101. The number of halogens is 1. The third-order valence-corrected chi connectivity index (χ3v) is 4.79. The Balaban J connectivity index is 1.58. The monoisotopic (exact) mass is 372 g/mol. The van der Waals surface area contributed by atoms with E-state index in [9.17, 15) is 4.79 Å². The molecule has 2 aromatic carbocycles. The zero-order valence-corrected chi connectivity index (χ0v) is 15.4. The van der Waals surface area contributed by atoms with Gasteiger partial charge in [-0.3, -0.25) is 4.79 Å². The molecule has 3 aromatic rings. The van der Waals surface area contributed by atoms with Crippen LogP contribution in [0.25, 0.3) is 11.3 Å². The second-order valence-electron chi connectivity index (χ2n) is 5.64. The molecule has 4 nitrogen and oxygen atoms in total. The average Bonchev–Trinajstić information content (AvgIpc) is 3.05. The number of rotatable bonds is 5. The van der Waals surface area contributed by atoms with Crippen molar-refractivity contribution in [3.8, 4) is 11.3 Å². The van der Waals surface area contributed by atoms with E-state index in [-0.39, 0.29) is 11.7 Å². The Hall–Kier alpha value is -2.24. The van der Waals surface area contributed by atoms with Gasteiger partial charge in [0.15, 0.2) is 5.76 Å². The van der Waals surface area contributed by atoms with E-state index in [1.165, 1.54) is 17.3 Å². The molecular weight excluding hydrogens is 356 g/mol. The Morgan fingerprint density at radius 3 is 2.80 bits per heavy atom. The summed E-state index contributed by atoms with van der Waals surface area (Å²) in [6.07, 6.45) is 1.63. The first kappa shape index (κ1) is 17.6. The number of hydrogen-bond donors (Lipinski definition) is 1. The van der Waals surface area contributed by atoms with Gasteiger partial charge in [-0.25, -0.2) is 4.98 Å². The maximum absolute atomic E-state index is 12.1. The van der Waals surface area contributed by atoms with Gasteiger partial charge < -0.3 is 9.73 Å². The predicted octanol–water partition coefficient (Wildman–Crippen LogP) is 5.34. The maximum atomic E-state index is 12.1. The van der Waals surface area contributed by atoms with Crippen LogP contribution in [0, 0.1) is 13.8 Å². The first-order valence-electron chi connectivity index (χ1n) is 7.73. The lowest BCUT2D eigenvalue weighted by Gasteiger charge is -2.06. The van der Waals surface area contributed by atoms with Gasteiger partial charge in [0.05, 0.1) is 11.9 Å². The smallest absolute Gasteiger partial charge is 0.256 e. The fourth-order valence-electron chi connectivity index (χ4n) is 2.24. The Morgan fingerprint density at radius 2 is 2.04 bits per heavy atom. The van der Waals surface area contributed by atoms with Crippen molar-refractivity contribution in [1.82, 2.24) is 4.98 Å². The topological polar surface area (TPSA) is 55.1 Å². The molecule has 0 aliphatic carbocycles. The van der Waals surface area contributed by atoms with Crippen LogP contribution in [0.3, 0.4) is 0 Å². The number of benzene rings is 2. The summed E-state index contributed by atoms with van der Waals surface area (Å²) in [5, 5.41) is 3.96. The minimum Gasteiger partial charge on any atom is -0.431 e. The van der Waals surface area contributed by atoms with E-state index in [0.717, 1.165) is 16.8 Å². The number of anilines is 1. The highest BCUT2D eigenvalue weighted by molar-refractivity contribution is 7.99. The summed E-state index contributed by atoms with van der Waals surface area (Å²) >= 11 is 7.23. The van der Waals surface area contributed by atoms with Crippen molar-refractivity contribution in [3.05, 3.63) is 64.8 Å². The van der Waals surface area contributed by atoms with Gasteiger partial charge in [0.1, 0.15) is 0 Å². The van der Waals surface area contributed by atoms with Crippen LogP contribution in [0.4, 0.5) is 5.69 Å². The van der Waals surface area contributed by atoms with Crippen molar-refractivity contribution in [1.29, 1.82) is 0 Å². The van der Waals surface area contributed by atoms with Crippen LogP contribution in [0.2, 0.25) is 5.02 Å². The number of nitrogens with zero attached hydrogens (tertiary/aromatic N) is 1. The standard InChI is InChI=1S/C19H17ClN2O2S/c1-12-6-7-16(8-13(12)2)22-18(23)11-25-19-21-10-17(24-19)14-4-3-5-15(20)9-14/h3-10H,11H2,1-2H3,(H,22,23). The molecule has 0 aliphatic rings. The molecule has 6 heteroatoms. The second kappa shape index (κ2) is 7.76. The van der Waals surface area contributed by atoms with E-state index in [2.05, 4.69) is 10.3 Å². The van der Waals surface area contributed by atoms with Crippen molar-refractivity contribution in [2.24, 2.45) is 0 Å². The Morgan fingerprint density at radius 1 is 1.20 bits per heavy atom. The summed E-state index contributed by atoms with van der Waals surface area (Å²) < 4.78 is 5.67. The third-order valence-electron chi connectivity index (χ3n) is 3.71. The minimum atomic E-state index is -0.101. The molecule has 1 aromatic heterocycles. The van der Waals surface area contributed by atoms with Gasteiger partial charge in [-0.15, -0.1) is 0 Å². The summed E-state index contributed by atoms with van der Waals surface area (Å²) in [5.74, 6) is 0.748. The molecule has 3 rings (SSSR count). The number of amides is 1. The van der Waals surface area contributed by atoms with Crippen molar-refractivity contribution >= 4 is 35.0 Å². The van der Waals surface area contributed by atoms with Crippen molar-refractivity contribution in [2.75, 3.05) is 11.1 Å². The summed E-state index contributed by atoms with van der Waals surface area (Å²) in [6, 6.07) is 13.2. The molecule has 0 saturated heterocycles. The third kappa shape index (κ3) is 4.65. The molecule has 0 saturated carbocycles. The van der Waals surface area contributed by atoms with Crippen LogP contribution in [-0.2, 0) is 4.79 Å². The Bertz CT molecular complexity index is 908. The lowest BCUT2D eigenvalue weighted by atomic mass is 10.1. The molecule has 0 radical (unpaired) electrons. The van der Waals surface area contributed by atoms with Crippen molar-refractivity contribution in [2.45, 2.75) is 19.1 Å². The van der Waals surface area contributed by atoms with Crippen LogP contribution in [0.1, 0.15) is 11.1 Å². The predicted molar refractivity (Wildman–Crippen MR) is 102 cm³/mol. The Labute approximate surface area is 155 Å². The van der Waals surface area contributed by atoms with E-state index in [1.54, 1.807) is 12.3 Å². The molecule has 0 aliphatic heterocycles. The molecule has 0 spiro atoms. The molecular formula is C19H17ClN2O2S. The van der Waals surface area contributed by atoms with Gasteiger partial charge in [-0.05, 0) is 49.2 Å². The maximum Gasteiger partial charge on any atom is 0.256 e. The molecule has 25 heavy (non-hydrogen) atoms. The summed E-state index contributed by atoms with van der Waals surface area (Å²) in [5.41, 5.74) is 3.98. The Kier molecular flexibility index (Phi) is 5.46. The molecule has 1 N–H and O–H groups in total. The van der Waals surface area contributed by atoms with Crippen molar-refractivity contribution in [3.63, 3.8) is 0 Å². The molecule has 0 unspecified atom stereocenters. The second-order valence-corrected chi connectivity index (χ2v) is 7.00. The number of carbonyl (C=O) groups is 1. The van der Waals surface area contributed by atoms with Crippen LogP contribution in [0.5, 0.6) is 0 Å². The van der Waals surface area contributed by atoms with E-state index in [0.29, 0.717) is 16.0 Å². The molecule has 1 amide bonds. The molecule has 0 bridgehead atoms. The number of nitrogens with one attached hydrogen (secondary N) is 1. The van der Waals surface area contributed by atoms with Crippen LogP contribution < -0.4 is 5.32 Å². The van der Waals surface area contributed by atoms with E-state index in [1.807, 2.05) is 50.2 Å². The van der Waals surface area contributed by atoms with Gasteiger partial charge in [-0.1, -0.05) is 41.6 Å². The quantitative estimate of drug-likeness (QED) is 0.614. The van der Waals surface area contributed by atoms with Gasteiger partial charge in [0, 0.05) is 16.3 Å². The average molecular weight is 373 g/mol. The van der Waals surface area contributed by atoms with E-state index < -0.39 is 0 Å². The molecule has 128 valence electrons.